The minimum atomic E-state index is -4.04. The zero-order valence-corrected chi connectivity index (χ0v) is 17.8. The lowest BCUT2D eigenvalue weighted by Crippen LogP contribution is -2.17. The first kappa shape index (κ1) is 21.7. The van der Waals surface area contributed by atoms with Crippen LogP contribution in [0.4, 0.5) is 11.4 Å². The van der Waals surface area contributed by atoms with Crippen molar-refractivity contribution in [1.82, 2.24) is 0 Å². The van der Waals surface area contributed by atoms with Crippen LogP contribution in [0.15, 0.2) is 45.8 Å². The fraction of sp³-hybridized carbons (Fsp3) is 0.222. The number of hydrogen-bond donors (Lipinski definition) is 2. The first-order valence-electron chi connectivity index (χ1n) is 8.13. The van der Waals surface area contributed by atoms with E-state index in [4.69, 9.17) is 9.47 Å². The van der Waals surface area contributed by atoms with Crippen molar-refractivity contribution in [1.29, 1.82) is 0 Å². The van der Waals surface area contributed by atoms with Gasteiger partial charge in [-0.3, -0.25) is 9.52 Å². The van der Waals surface area contributed by atoms with Crippen molar-refractivity contribution in [2.24, 2.45) is 0 Å². The normalized spacial score (nSPS) is 10.9. The van der Waals surface area contributed by atoms with E-state index in [1.807, 2.05) is 0 Å². The Labute approximate surface area is 171 Å². The van der Waals surface area contributed by atoms with Crippen LogP contribution in [-0.4, -0.2) is 34.0 Å². The Kier molecular flexibility index (Phi) is 7.03. The van der Waals surface area contributed by atoms with Crippen molar-refractivity contribution in [2.75, 3.05) is 23.8 Å². The zero-order valence-electron chi connectivity index (χ0n) is 15.4. The molecule has 0 radical (unpaired) electrons. The Morgan fingerprint density at radius 2 is 1.82 bits per heavy atom. The zero-order chi connectivity index (χ0) is 20.9. The smallest absolute Gasteiger partial charge is 0.338 e. The molecule has 0 unspecified atom stereocenters. The molecule has 10 heteroatoms. The van der Waals surface area contributed by atoms with Crippen molar-refractivity contribution >= 4 is 49.2 Å². The van der Waals surface area contributed by atoms with Gasteiger partial charge in [0.25, 0.3) is 10.0 Å². The van der Waals surface area contributed by atoms with Crippen LogP contribution < -0.4 is 14.8 Å². The number of rotatable bonds is 7. The third-order valence-electron chi connectivity index (χ3n) is 3.51. The van der Waals surface area contributed by atoms with Gasteiger partial charge < -0.3 is 14.8 Å². The first-order chi connectivity index (χ1) is 13.2. The summed E-state index contributed by atoms with van der Waals surface area (Å²) >= 11 is 3.18. The van der Waals surface area contributed by atoms with Gasteiger partial charge >= 0.3 is 5.97 Å². The number of carbonyl (C=O) groups is 2. The second kappa shape index (κ2) is 9.07. The monoisotopic (exact) mass is 470 g/mol. The van der Waals surface area contributed by atoms with E-state index in [1.165, 1.54) is 44.4 Å². The van der Waals surface area contributed by atoms with Gasteiger partial charge in [-0.15, -0.1) is 0 Å². The van der Waals surface area contributed by atoms with Crippen LogP contribution in [0.25, 0.3) is 0 Å². The Morgan fingerprint density at radius 3 is 2.39 bits per heavy atom. The number of esters is 1. The Bertz CT molecular complexity index is 1010. The van der Waals surface area contributed by atoms with Crippen molar-refractivity contribution < 1.29 is 27.5 Å². The van der Waals surface area contributed by atoms with E-state index in [-0.39, 0.29) is 38.8 Å². The number of sulfonamides is 1. The lowest BCUT2D eigenvalue weighted by atomic mass is 10.2. The number of carbonyl (C=O) groups excluding carboxylic acids is 2. The highest BCUT2D eigenvalue weighted by molar-refractivity contribution is 9.10. The van der Waals surface area contributed by atoms with Crippen molar-refractivity contribution in [2.45, 2.75) is 18.7 Å². The Morgan fingerprint density at radius 1 is 1.11 bits per heavy atom. The molecule has 0 spiro atoms. The molecule has 1 amide bonds. The number of halogens is 1. The largest absolute Gasteiger partial charge is 0.497 e. The fourth-order valence-electron chi connectivity index (χ4n) is 2.29. The maximum Gasteiger partial charge on any atom is 0.338 e. The SMILES string of the molecule is CCOC(=O)c1ccc(S(=O)(=O)Nc2cc(OC)ccc2NC(C)=O)c(Br)c1. The highest BCUT2D eigenvalue weighted by Gasteiger charge is 2.21. The highest BCUT2D eigenvalue weighted by Crippen LogP contribution is 2.31. The van der Waals surface area contributed by atoms with Crippen LogP contribution in [0.3, 0.4) is 0 Å². The summed E-state index contributed by atoms with van der Waals surface area (Å²) in [4.78, 5) is 23.1. The Hall–Kier alpha value is -2.59. The van der Waals surface area contributed by atoms with Crippen LogP contribution in [0, 0.1) is 0 Å². The molecular formula is C18H19BrN2O6S. The van der Waals surface area contributed by atoms with Crippen LogP contribution in [0.2, 0.25) is 0 Å². The minimum Gasteiger partial charge on any atom is -0.497 e. The summed E-state index contributed by atoms with van der Waals surface area (Å²) in [5.74, 6) is -0.505. The van der Waals surface area contributed by atoms with Gasteiger partial charge in [-0.2, -0.15) is 0 Å². The third-order valence-corrected chi connectivity index (χ3v) is 5.86. The van der Waals surface area contributed by atoms with Crippen LogP contribution in [0.5, 0.6) is 5.75 Å². The second-order valence-electron chi connectivity index (χ2n) is 5.56. The first-order valence-corrected chi connectivity index (χ1v) is 10.4. The fourth-order valence-corrected chi connectivity index (χ4v) is 4.44. The maximum atomic E-state index is 12.9. The Balaban J connectivity index is 2.41. The molecule has 0 fully saturated rings. The van der Waals surface area contributed by atoms with E-state index in [0.29, 0.717) is 5.75 Å². The number of benzene rings is 2. The number of methoxy groups -OCH3 is 1. The molecule has 2 rings (SSSR count). The average molecular weight is 471 g/mol. The summed E-state index contributed by atoms with van der Waals surface area (Å²) in [6.07, 6.45) is 0. The van der Waals surface area contributed by atoms with Gasteiger partial charge in [-0.05, 0) is 53.2 Å². The summed E-state index contributed by atoms with van der Waals surface area (Å²) in [6.45, 7) is 3.20. The highest BCUT2D eigenvalue weighted by atomic mass is 79.9. The third kappa shape index (κ3) is 5.23. The number of hydrogen-bond acceptors (Lipinski definition) is 6. The van der Waals surface area contributed by atoms with Crippen LogP contribution in [0.1, 0.15) is 24.2 Å². The maximum absolute atomic E-state index is 12.9. The molecule has 0 atom stereocenters. The van der Waals surface area contributed by atoms with Crippen molar-refractivity contribution in [3.05, 3.63) is 46.4 Å². The van der Waals surface area contributed by atoms with Gasteiger partial charge in [-0.1, -0.05) is 0 Å². The van der Waals surface area contributed by atoms with E-state index < -0.39 is 16.0 Å². The number of amides is 1. The van der Waals surface area contributed by atoms with E-state index in [2.05, 4.69) is 26.0 Å². The van der Waals surface area contributed by atoms with E-state index in [0.717, 1.165) is 0 Å². The molecule has 0 aliphatic rings. The molecule has 2 aromatic carbocycles. The van der Waals surface area contributed by atoms with Gasteiger partial charge in [0.05, 0.1) is 30.7 Å². The lowest BCUT2D eigenvalue weighted by Gasteiger charge is -2.15. The predicted molar refractivity (Wildman–Crippen MR) is 108 cm³/mol. The van der Waals surface area contributed by atoms with Crippen LogP contribution >= 0.6 is 15.9 Å². The van der Waals surface area contributed by atoms with Gasteiger partial charge in [0.15, 0.2) is 0 Å². The second-order valence-corrected chi connectivity index (χ2v) is 8.07. The lowest BCUT2D eigenvalue weighted by molar-refractivity contribution is -0.114. The number of ether oxygens (including phenoxy) is 2. The molecule has 0 saturated heterocycles. The van der Waals surface area contributed by atoms with E-state index >= 15 is 0 Å². The average Bonchev–Trinajstić information content (AvgIpc) is 2.62. The van der Waals surface area contributed by atoms with Crippen molar-refractivity contribution in [3.63, 3.8) is 0 Å². The molecule has 150 valence electrons. The number of nitrogens with one attached hydrogen (secondary N) is 2. The summed E-state index contributed by atoms with van der Waals surface area (Å²) in [5.41, 5.74) is 0.625. The molecule has 0 aliphatic heterocycles. The predicted octanol–water partition coefficient (Wildman–Crippen LogP) is 3.39. The molecule has 0 aromatic heterocycles. The van der Waals surface area contributed by atoms with E-state index in [1.54, 1.807) is 13.0 Å². The van der Waals surface area contributed by atoms with Gasteiger partial charge in [0.1, 0.15) is 10.6 Å². The molecule has 0 aliphatic carbocycles. The summed E-state index contributed by atoms with van der Waals surface area (Å²) in [6, 6.07) is 8.58. The van der Waals surface area contributed by atoms with Gasteiger partial charge in [0.2, 0.25) is 5.91 Å². The molecule has 8 nitrogen and oxygen atoms in total. The number of anilines is 2. The molecular weight excluding hydrogens is 452 g/mol. The summed E-state index contributed by atoms with van der Waals surface area (Å²) in [7, 11) is -2.60. The van der Waals surface area contributed by atoms with Gasteiger partial charge in [-0.25, -0.2) is 13.2 Å². The topological polar surface area (TPSA) is 111 Å². The molecule has 0 heterocycles. The minimum absolute atomic E-state index is 0.0860. The molecule has 0 saturated carbocycles. The standard InChI is InChI=1S/C18H19BrN2O6S/c1-4-27-18(23)12-5-8-17(14(19)9-12)28(24,25)21-16-10-13(26-3)6-7-15(16)20-11(2)22/h5-10,21H,4H2,1-3H3,(H,20,22). The van der Waals surface area contributed by atoms with Crippen molar-refractivity contribution in [3.8, 4) is 5.75 Å². The van der Waals surface area contributed by atoms with Crippen LogP contribution in [-0.2, 0) is 19.6 Å². The summed E-state index contributed by atoms with van der Waals surface area (Å²) in [5, 5.41) is 2.56. The van der Waals surface area contributed by atoms with Gasteiger partial charge in [0, 0.05) is 17.5 Å². The molecule has 2 N–H and O–H groups in total. The van der Waals surface area contributed by atoms with E-state index in [9.17, 15) is 18.0 Å². The molecule has 2 aromatic rings. The quantitative estimate of drug-likeness (QED) is 0.599. The molecule has 28 heavy (non-hydrogen) atoms. The summed E-state index contributed by atoms with van der Waals surface area (Å²) < 4.78 is 38.3. The molecule has 0 bridgehead atoms.